The zero-order valence-corrected chi connectivity index (χ0v) is 10.7. The molecule has 1 amide bonds. The van der Waals surface area contributed by atoms with E-state index in [1.807, 2.05) is 0 Å². The van der Waals surface area contributed by atoms with Crippen LogP contribution in [0.1, 0.15) is 15.9 Å². The number of ether oxygens (including phenoxy) is 1. The minimum atomic E-state index is -0.562. The lowest BCUT2D eigenvalue weighted by Gasteiger charge is -2.04. The number of carbonyl (C=O) groups is 1. The molecule has 1 heterocycles. The molecule has 9 nitrogen and oxygen atoms in total. The van der Waals surface area contributed by atoms with Gasteiger partial charge in [-0.05, 0) is 12.5 Å². The second kappa shape index (κ2) is 5.34. The van der Waals surface area contributed by atoms with Crippen LogP contribution in [0.4, 0.5) is 11.6 Å². The van der Waals surface area contributed by atoms with Gasteiger partial charge in [0.05, 0.1) is 12.0 Å². The molecule has 2 N–H and O–H groups in total. The third kappa shape index (κ3) is 2.71. The third-order valence-electron chi connectivity index (χ3n) is 2.56. The molecule has 2 aromatic rings. The van der Waals surface area contributed by atoms with Crippen LogP contribution < -0.4 is 10.1 Å². The predicted octanol–water partition coefficient (Wildman–Crippen LogP) is 1.28. The summed E-state index contributed by atoms with van der Waals surface area (Å²) in [4.78, 5) is 26.0. The number of nitrogens with zero attached hydrogens (tertiary/aromatic N) is 3. The van der Waals surface area contributed by atoms with Crippen LogP contribution in [0.25, 0.3) is 0 Å². The van der Waals surface area contributed by atoms with Crippen LogP contribution in [0.2, 0.25) is 0 Å². The van der Waals surface area contributed by atoms with Crippen molar-refractivity contribution in [1.29, 1.82) is 0 Å². The van der Waals surface area contributed by atoms with Crippen molar-refractivity contribution in [3.05, 3.63) is 39.4 Å². The molecule has 0 aliphatic rings. The largest absolute Gasteiger partial charge is 0.466 e. The highest BCUT2D eigenvalue weighted by Crippen LogP contribution is 2.18. The van der Waals surface area contributed by atoms with Crippen molar-refractivity contribution >= 4 is 17.5 Å². The number of nitrogens with one attached hydrogen (secondary N) is 2. The zero-order valence-electron chi connectivity index (χ0n) is 10.7. The number of rotatable bonds is 4. The zero-order chi connectivity index (χ0) is 14.7. The van der Waals surface area contributed by atoms with Crippen LogP contribution in [0.5, 0.6) is 6.01 Å². The van der Waals surface area contributed by atoms with Crippen LogP contribution in [0.15, 0.2) is 18.2 Å². The van der Waals surface area contributed by atoms with Crippen molar-refractivity contribution < 1.29 is 14.5 Å². The Kier molecular flexibility index (Phi) is 3.60. The number of non-ortho nitro benzene ring substituents is 1. The number of benzene rings is 1. The summed E-state index contributed by atoms with van der Waals surface area (Å²) in [5.74, 6) is -0.428. The quantitative estimate of drug-likeness (QED) is 0.641. The van der Waals surface area contributed by atoms with E-state index in [0.717, 1.165) is 0 Å². The van der Waals surface area contributed by atoms with Crippen LogP contribution in [0, 0.1) is 17.0 Å². The molecule has 1 aromatic heterocycles. The summed E-state index contributed by atoms with van der Waals surface area (Å²) in [6, 6.07) is 4.13. The molecular formula is C11H11N5O4. The first kappa shape index (κ1) is 13.5. The maximum atomic E-state index is 12.0. The van der Waals surface area contributed by atoms with Gasteiger partial charge in [0.1, 0.15) is 0 Å². The molecule has 0 bridgehead atoms. The highest BCUT2D eigenvalue weighted by molar-refractivity contribution is 6.04. The average molecular weight is 277 g/mol. The van der Waals surface area contributed by atoms with E-state index < -0.39 is 10.8 Å². The van der Waals surface area contributed by atoms with Gasteiger partial charge in [0.25, 0.3) is 11.6 Å². The molecule has 1 aromatic carbocycles. The first-order valence-electron chi connectivity index (χ1n) is 5.54. The Morgan fingerprint density at radius 1 is 1.50 bits per heavy atom. The summed E-state index contributed by atoms with van der Waals surface area (Å²) in [5, 5.41) is 19.3. The fourth-order valence-corrected chi connectivity index (χ4v) is 1.54. The summed E-state index contributed by atoms with van der Waals surface area (Å²) in [6.07, 6.45) is 0. The Morgan fingerprint density at radius 2 is 2.25 bits per heavy atom. The number of hydrogen-bond acceptors (Lipinski definition) is 6. The third-order valence-corrected chi connectivity index (χ3v) is 2.56. The van der Waals surface area contributed by atoms with Crippen LogP contribution in [-0.2, 0) is 0 Å². The maximum Gasteiger partial charge on any atom is 0.336 e. The summed E-state index contributed by atoms with van der Waals surface area (Å²) >= 11 is 0. The molecule has 0 saturated carbocycles. The van der Waals surface area contributed by atoms with E-state index in [1.54, 1.807) is 6.92 Å². The van der Waals surface area contributed by atoms with Gasteiger partial charge in [-0.3, -0.25) is 20.2 Å². The van der Waals surface area contributed by atoms with E-state index in [4.69, 9.17) is 4.74 Å². The van der Waals surface area contributed by atoms with E-state index in [2.05, 4.69) is 20.5 Å². The number of nitro benzene ring substituents is 1. The summed E-state index contributed by atoms with van der Waals surface area (Å²) in [6.45, 7) is 1.68. The molecule has 0 saturated heterocycles. The standard InChI is InChI=1S/C11H11N5O4/c1-6-3-4-7(16(18)19)5-8(6)9(17)12-10-13-11(20-2)15-14-10/h3-5H,1-2H3,(H2,12,13,14,15,17). The van der Waals surface area contributed by atoms with Crippen molar-refractivity contribution in [2.24, 2.45) is 0 Å². The van der Waals surface area contributed by atoms with Gasteiger partial charge in [-0.15, -0.1) is 5.10 Å². The van der Waals surface area contributed by atoms with Crippen molar-refractivity contribution in [2.45, 2.75) is 6.92 Å². The van der Waals surface area contributed by atoms with Gasteiger partial charge in [0.15, 0.2) is 0 Å². The van der Waals surface area contributed by atoms with Gasteiger partial charge < -0.3 is 4.74 Å². The monoisotopic (exact) mass is 277 g/mol. The maximum absolute atomic E-state index is 12.0. The van der Waals surface area contributed by atoms with Crippen LogP contribution in [0.3, 0.4) is 0 Å². The fraction of sp³-hybridized carbons (Fsp3) is 0.182. The number of H-pyrrole nitrogens is 1. The van der Waals surface area contributed by atoms with Gasteiger partial charge in [-0.25, -0.2) is 5.10 Å². The first-order chi connectivity index (χ1) is 9.51. The molecular weight excluding hydrogens is 266 g/mol. The summed E-state index contributed by atoms with van der Waals surface area (Å²) < 4.78 is 4.76. The number of carbonyl (C=O) groups excluding carboxylic acids is 1. The molecule has 104 valence electrons. The van der Waals surface area contributed by atoms with E-state index in [0.29, 0.717) is 5.56 Å². The van der Waals surface area contributed by atoms with Crippen LogP contribution >= 0.6 is 0 Å². The van der Waals surface area contributed by atoms with Gasteiger partial charge in [0.2, 0.25) is 5.95 Å². The summed E-state index contributed by atoms with van der Waals surface area (Å²) in [5.41, 5.74) is 0.644. The minimum Gasteiger partial charge on any atom is -0.466 e. The molecule has 0 atom stereocenters. The van der Waals surface area contributed by atoms with Gasteiger partial charge in [-0.2, -0.15) is 4.98 Å². The Hall–Kier alpha value is -2.97. The normalized spacial score (nSPS) is 10.1. The minimum absolute atomic E-state index is 0.0797. The number of nitro groups is 1. The van der Waals surface area contributed by atoms with Gasteiger partial charge in [0, 0.05) is 17.7 Å². The number of hydrogen-bond donors (Lipinski definition) is 2. The average Bonchev–Trinajstić information content (AvgIpc) is 2.86. The van der Waals surface area contributed by atoms with E-state index in [-0.39, 0.29) is 23.2 Å². The number of methoxy groups -OCH3 is 1. The van der Waals surface area contributed by atoms with Gasteiger partial charge in [-0.1, -0.05) is 6.07 Å². The second-order valence-corrected chi connectivity index (χ2v) is 3.88. The van der Waals surface area contributed by atoms with Crippen molar-refractivity contribution in [1.82, 2.24) is 15.2 Å². The van der Waals surface area contributed by atoms with Crippen molar-refractivity contribution in [2.75, 3.05) is 12.4 Å². The van der Waals surface area contributed by atoms with E-state index in [9.17, 15) is 14.9 Å². The van der Waals surface area contributed by atoms with E-state index in [1.165, 1.54) is 25.3 Å². The smallest absolute Gasteiger partial charge is 0.336 e. The molecule has 0 aliphatic heterocycles. The Morgan fingerprint density at radius 3 is 2.85 bits per heavy atom. The summed E-state index contributed by atoms with van der Waals surface area (Å²) in [7, 11) is 1.39. The lowest BCUT2D eigenvalue weighted by atomic mass is 10.1. The first-order valence-corrected chi connectivity index (χ1v) is 5.54. The van der Waals surface area contributed by atoms with Gasteiger partial charge >= 0.3 is 6.01 Å². The molecule has 0 aliphatic carbocycles. The SMILES string of the molecule is COc1n[nH]c(NC(=O)c2cc([N+](=O)[O-])ccc2C)n1. The molecule has 0 fully saturated rings. The lowest BCUT2D eigenvalue weighted by Crippen LogP contribution is -2.14. The number of aromatic amines is 1. The predicted molar refractivity (Wildman–Crippen MR) is 68.7 cm³/mol. The fourth-order valence-electron chi connectivity index (χ4n) is 1.54. The molecule has 2 rings (SSSR count). The lowest BCUT2D eigenvalue weighted by molar-refractivity contribution is -0.384. The molecule has 0 spiro atoms. The number of anilines is 1. The number of aryl methyl sites for hydroxylation is 1. The second-order valence-electron chi connectivity index (χ2n) is 3.88. The molecule has 0 radical (unpaired) electrons. The molecule has 0 unspecified atom stereocenters. The molecule has 20 heavy (non-hydrogen) atoms. The number of aromatic nitrogens is 3. The van der Waals surface area contributed by atoms with Crippen molar-refractivity contribution in [3.63, 3.8) is 0 Å². The Bertz CT molecular complexity index is 667. The Labute approximate surface area is 113 Å². The molecule has 9 heteroatoms. The highest BCUT2D eigenvalue weighted by atomic mass is 16.6. The number of amides is 1. The van der Waals surface area contributed by atoms with Crippen molar-refractivity contribution in [3.8, 4) is 6.01 Å². The highest BCUT2D eigenvalue weighted by Gasteiger charge is 2.16. The van der Waals surface area contributed by atoms with Crippen LogP contribution in [-0.4, -0.2) is 33.1 Å². The Balaban J connectivity index is 2.24. The van der Waals surface area contributed by atoms with E-state index >= 15 is 0 Å². The topological polar surface area (TPSA) is 123 Å².